The highest BCUT2D eigenvalue weighted by molar-refractivity contribution is 5.91. The Balaban J connectivity index is 1.45. The van der Waals surface area contributed by atoms with Gasteiger partial charge in [-0.25, -0.2) is 0 Å². The summed E-state index contributed by atoms with van der Waals surface area (Å²) in [4.78, 5) is 27.0. The molecule has 154 valence electrons. The van der Waals surface area contributed by atoms with E-state index in [0.717, 1.165) is 24.2 Å². The van der Waals surface area contributed by atoms with E-state index >= 15 is 0 Å². The van der Waals surface area contributed by atoms with Crippen molar-refractivity contribution in [2.75, 3.05) is 26.8 Å². The number of nitrogens with zero attached hydrogens (tertiary/aromatic N) is 2. The number of likely N-dealkylation sites (tertiary alicyclic amines) is 1. The first-order valence-electron chi connectivity index (χ1n) is 10.1. The van der Waals surface area contributed by atoms with Crippen molar-refractivity contribution in [1.82, 2.24) is 10.1 Å². The Bertz CT molecular complexity index is 894. The summed E-state index contributed by atoms with van der Waals surface area (Å²) in [7, 11) is 1.62. The zero-order valence-corrected chi connectivity index (χ0v) is 16.8. The maximum atomic E-state index is 13.2. The van der Waals surface area contributed by atoms with Gasteiger partial charge in [-0.1, -0.05) is 17.3 Å². The lowest BCUT2D eigenvalue weighted by Gasteiger charge is -2.33. The maximum Gasteiger partial charge on any atom is 0.309 e. The number of aromatic nitrogens is 1. The smallest absolute Gasteiger partial charge is 0.309 e. The van der Waals surface area contributed by atoms with Crippen LogP contribution >= 0.6 is 0 Å². The van der Waals surface area contributed by atoms with Gasteiger partial charge in [-0.05, 0) is 44.7 Å². The molecule has 1 aliphatic heterocycles. The van der Waals surface area contributed by atoms with Crippen LogP contribution in [0.1, 0.15) is 38.3 Å². The third-order valence-electron chi connectivity index (χ3n) is 5.92. The molecule has 1 amide bonds. The molecule has 0 atom stereocenters. The molecular formula is C22H26N2O5. The van der Waals surface area contributed by atoms with E-state index < -0.39 is 5.41 Å². The maximum absolute atomic E-state index is 13.2. The van der Waals surface area contributed by atoms with Crippen LogP contribution in [-0.2, 0) is 19.7 Å². The number of ether oxygens (including phenoxy) is 2. The van der Waals surface area contributed by atoms with Gasteiger partial charge in [0.1, 0.15) is 5.75 Å². The minimum absolute atomic E-state index is 0.0882. The zero-order valence-electron chi connectivity index (χ0n) is 16.8. The Kier molecular flexibility index (Phi) is 5.30. The molecule has 1 saturated carbocycles. The molecule has 0 radical (unpaired) electrons. The number of carbonyl (C=O) groups is 2. The topological polar surface area (TPSA) is 81.9 Å². The Morgan fingerprint density at radius 1 is 1.24 bits per heavy atom. The van der Waals surface area contributed by atoms with Crippen LogP contribution in [0, 0.1) is 5.92 Å². The second-order valence-corrected chi connectivity index (χ2v) is 7.71. The molecule has 7 heteroatoms. The third kappa shape index (κ3) is 3.73. The summed E-state index contributed by atoms with van der Waals surface area (Å²) >= 11 is 0. The molecule has 0 spiro atoms. The van der Waals surface area contributed by atoms with Crippen LogP contribution in [0.3, 0.4) is 0 Å². The number of benzene rings is 1. The zero-order chi connectivity index (χ0) is 20.4. The van der Waals surface area contributed by atoms with Gasteiger partial charge in [0, 0.05) is 24.7 Å². The molecule has 29 heavy (non-hydrogen) atoms. The number of carbonyl (C=O) groups excluding carboxylic acids is 2. The van der Waals surface area contributed by atoms with Gasteiger partial charge in [-0.2, -0.15) is 0 Å². The van der Waals surface area contributed by atoms with Gasteiger partial charge in [0.25, 0.3) is 0 Å². The van der Waals surface area contributed by atoms with Crippen LogP contribution in [0.25, 0.3) is 11.3 Å². The van der Waals surface area contributed by atoms with E-state index in [2.05, 4.69) is 5.16 Å². The molecule has 7 nitrogen and oxygen atoms in total. The third-order valence-corrected chi connectivity index (χ3v) is 5.92. The summed E-state index contributed by atoms with van der Waals surface area (Å²) in [6.07, 6.45) is 2.84. The highest BCUT2D eigenvalue weighted by atomic mass is 16.5. The van der Waals surface area contributed by atoms with Crippen LogP contribution in [0.15, 0.2) is 34.9 Å². The largest absolute Gasteiger partial charge is 0.497 e. The fourth-order valence-electron chi connectivity index (χ4n) is 4.00. The van der Waals surface area contributed by atoms with Gasteiger partial charge in [0.15, 0.2) is 5.76 Å². The monoisotopic (exact) mass is 398 g/mol. The van der Waals surface area contributed by atoms with E-state index in [4.69, 9.17) is 14.0 Å². The van der Waals surface area contributed by atoms with Crippen molar-refractivity contribution in [3.8, 4) is 17.1 Å². The average Bonchev–Trinajstić information content (AvgIpc) is 3.42. The van der Waals surface area contributed by atoms with Gasteiger partial charge < -0.3 is 18.9 Å². The molecule has 2 aliphatic rings. The number of hydrogen-bond acceptors (Lipinski definition) is 6. The van der Waals surface area contributed by atoms with Crippen molar-refractivity contribution in [2.24, 2.45) is 5.92 Å². The number of piperidine rings is 1. The van der Waals surface area contributed by atoms with Gasteiger partial charge in [-0.3, -0.25) is 9.59 Å². The number of amides is 1. The molecular weight excluding hydrogens is 372 g/mol. The van der Waals surface area contributed by atoms with Gasteiger partial charge in [0.2, 0.25) is 5.91 Å². The summed E-state index contributed by atoms with van der Waals surface area (Å²) in [5, 5.41) is 4.23. The average molecular weight is 398 g/mol. The van der Waals surface area contributed by atoms with E-state index in [1.165, 1.54) is 0 Å². The fourth-order valence-corrected chi connectivity index (χ4v) is 4.00. The van der Waals surface area contributed by atoms with Crippen molar-refractivity contribution < 1.29 is 23.6 Å². The fraction of sp³-hybridized carbons (Fsp3) is 0.500. The predicted molar refractivity (Wildman–Crippen MR) is 105 cm³/mol. The minimum atomic E-state index is -0.586. The van der Waals surface area contributed by atoms with E-state index in [1.807, 2.05) is 42.2 Å². The normalized spacial score (nSPS) is 18.3. The van der Waals surface area contributed by atoms with Crippen molar-refractivity contribution in [3.63, 3.8) is 0 Å². The molecule has 1 aromatic carbocycles. The molecule has 0 unspecified atom stereocenters. The predicted octanol–water partition coefficient (Wildman–Crippen LogP) is 3.18. The second kappa shape index (κ2) is 7.89. The van der Waals surface area contributed by atoms with E-state index in [0.29, 0.717) is 44.0 Å². The Labute approximate surface area is 169 Å². The van der Waals surface area contributed by atoms with Crippen LogP contribution in [-0.4, -0.2) is 48.7 Å². The van der Waals surface area contributed by atoms with Crippen molar-refractivity contribution in [1.29, 1.82) is 0 Å². The molecule has 2 fully saturated rings. The van der Waals surface area contributed by atoms with Crippen molar-refractivity contribution >= 4 is 11.9 Å². The van der Waals surface area contributed by atoms with Gasteiger partial charge in [0.05, 0.1) is 30.7 Å². The molecule has 0 bridgehead atoms. The van der Waals surface area contributed by atoms with Crippen molar-refractivity contribution in [2.45, 2.75) is 38.0 Å². The first kappa shape index (κ1) is 19.5. The number of esters is 1. The van der Waals surface area contributed by atoms with Crippen LogP contribution in [0.5, 0.6) is 5.75 Å². The van der Waals surface area contributed by atoms with E-state index in [9.17, 15) is 9.59 Å². The Hall–Kier alpha value is -2.83. The molecule has 0 N–H and O–H groups in total. The first-order valence-corrected chi connectivity index (χ1v) is 10.1. The molecule has 1 aromatic heterocycles. The van der Waals surface area contributed by atoms with Crippen LogP contribution in [0.4, 0.5) is 0 Å². The lowest BCUT2D eigenvalue weighted by atomic mass is 9.93. The number of hydrogen-bond donors (Lipinski definition) is 0. The highest BCUT2D eigenvalue weighted by Gasteiger charge is 2.55. The highest BCUT2D eigenvalue weighted by Crippen LogP contribution is 2.50. The summed E-state index contributed by atoms with van der Waals surface area (Å²) in [5.74, 6) is 1.19. The molecule has 1 saturated heterocycles. The van der Waals surface area contributed by atoms with Crippen LogP contribution < -0.4 is 4.74 Å². The molecule has 4 rings (SSSR count). The SMILES string of the molecule is CCOC(=O)C1CCN(C(=O)C2(c3cc(-c4cccc(OC)c4)on3)CC2)CC1. The lowest BCUT2D eigenvalue weighted by Crippen LogP contribution is -2.45. The first-order chi connectivity index (χ1) is 14.1. The number of rotatable bonds is 6. The minimum Gasteiger partial charge on any atom is -0.497 e. The summed E-state index contributed by atoms with van der Waals surface area (Å²) in [6, 6.07) is 9.43. The quantitative estimate of drug-likeness (QED) is 0.695. The molecule has 2 aromatic rings. The van der Waals surface area contributed by atoms with Crippen molar-refractivity contribution in [3.05, 3.63) is 36.0 Å². The van der Waals surface area contributed by atoms with Crippen LogP contribution in [0.2, 0.25) is 0 Å². The standard InChI is InChI=1S/C22H26N2O5/c1-3-28-20(25)15-7-11-24(12-8-15)21(26)22(9-10-22)19-14-18(29-23-19)16-5-4-6-17(13-16)27-2/h4-6,13-15H,3,7-12H2,1-2H3. The second-order valence-electron chi connectivity index (χ2n) is 7.71. The Morgan fingerprint density at radius 2 is 2.00 bits per heavy atom. The van der Waals surface area contributed by atoms with Gasteiger partial charge in [-0.15, -0.1) is 0 Å². The lowest BCUT2D eigenvalue weighted by molar-refractivity contribution is -0.151. The summed E-state index contributed by atoms with van der Waals surface area (Å²) in [5.41, 5.74) is 0.964. The Morgan fingerprint density at radius 3 is 2.66 bits per heavy atom. The van der Waals surface area contributed by atoms with E-state index in [-0.39, 0.29) is 17.8 Å². The molecule has 2 heterocycles. The summed E-state index contributed by atoms with van der Waals surface area (Å²) < 4.78 is 15.9. The van der Waals surface area contributed by atoms with Gasteiger partial charge >= 0.3 is 5.97 Å². The summed E-state index contributed by atoms with van der Waals surface area (Å²) in [6.45, 7) is 3.35. The molecule has 1 aliphatic carbocycles. The van der Waals surface area contributed by atoms with E-state index in [1.54, 1.807) is 7.11 Å². The number of methoxy groups -OCH3 is 1.